The molecule has 2 aromatic rings. The fraction of sp³-hybridized carbons (Fsp3) is 0.312. The molecule has 0 atom stereocenters. The summed E-state index contributed by atoms with van der Waals surface area (Å²) in [7, 11) is 2.00. The highest BCUT2D eigenvalue weighted by Gasteiger charge is 2.18. The summed E-state index contributed by atoms with van der Waals surface area (Å²) in [4.78, 5) is 7.85. The number of nitrogens with two attached hydrogens (primary N) is 1. The van der Waals surface area contributed by atoms with E-state index >= 15 is 0 Å². The van der Waals surface area contributed by atoms with Crippen LogP contribution in [0.25, 0.3) is 0 Å². The predicted molar refractivity (Wildman–Crippen MR) is 87.4 cm³/mol. The van der Waals surface area contributed by atoms with Crippen LogP contribution in [0, 0.1) is 0 Å². The van der Waals surface area contributed by atoms with Crippen molar-refractivity contribution in [2.75, 3.05) is 20.2 Å². The molecule has 1 aromatic heterocycles. The fourth-order valence-electron chi connectivity index (χ4n) is 2.67. The molecule has 0 amide bonds. The van der Waals surface area contributed by atoms with Crippen LogP contribution in [-0.4, -0.2) is 36.0 Å². The lowest BCUT2D eigenvalue weighted by Crippen LogP contribution is -2.21. The first-order valence-corrected chi connectivity index (χ1v) is 7.88. The maximum Gasteiger partial charge on any atom is 0.141 e. The van der Waals surface area contributed by atoms with Crippen molar-refractivity contribution < 1.29 is 5.11 Å². The molecule has 110 valence electrons. The third kappa shape index (κ3) is 2.85. The number of likely N-dealkylation sites (N-methyl/N-ethyl adjacent to an activating group) is 1. The van der Waals surface area contributed by atoms with Crippen molar-refractivity contribution in [3.63, 3.8) is 0 Å². The Bertz CT molecular complexity index is 678. The smallest absolute Gasteiger partial charge is 0.141 e. The zero-order valence-electron chi connectivity index (χ0n) is 12.0. The van der Waals surface area contributed by atoms with Crippen LogP contribution >= 0.6 is 11.3 Å². The molecule has 5 heteroatoms. The van der Waals surface area contributed by atoms with Crippen LogP contribution in [-0.2, 0) is 13.0 Å². The van der Waals surface area contributed by atoms with Crippen LogP contribution in [0.4, 0.5) is 5.69 Å². The number of rotatable bonds is 4. The summed E-state index contributed by atoms with van der Waals surface area (Å²) in [6, 6.07) is 8.41. The maximum atomic E-state index is 9.04. The molecule has 2 heterocycles. The standard InChI is InChI=1S/C16H19N3OS/c1-19(6-7-20)10-13-4-2-3-11-9-12-5-8-21-15(12)16(17)18-14(11)13/h2-5,8,20H,6-7,9-10H2,1H3,(H2,17,18). The molecular formula is C16H19N3OS. The van der Waals surface area contributed by atoms with Crippen molar-refractivity contribution in [3.05, 3.63) is 51.2 Å². The average molecular weight is 301 g/mol. The van der Waals surface area contributed by atoms with Gasteiger partial charge in [0.15, 0.2) is 0 Å². The lowest BCUT2D eigenvalue weighted by Gasteiger charge is -2.17. The van der Waals surface area contributed by atoms with E-state index in [0.29, 0.717) is 12.4 Å². The summed E-state index contributed by atoms with van der Waals surface area (Å²) in [6.07, 6.45) is 0.871. The SMILES string of the molecule is CN(CCO)Cc1cccc2c1N=C(N)c1sccc1C2. The van der Waals surface area contributed by atoms with E-state index in [-0.39, 0.29) is 6.61 Å². The Morgan fingerprint density at radius 3 is 3.00 bits per heavy atom. The maximum absolute atomic E-state index is 9.04. The summed E-state index contributed by atoms with van der Waals surface area (Å²) >= 11 is 1.65. The minimum Gasteiger partial charge on any atom is -0.395 e. The highest BCUT2D eigenvalue weighted by atomic mass is 32.1. The Kier molecular flexibility index (Phi) is 4.05. The van der Waals surface area contributed by atoms with Crippen molar-refractivity contribution in [1.29, 1.82) is 0 Å². The van der Waals surface area contributed by atoms with Crippen molar-refractivity contribution in [2.24, 2.45) is 10.7 Å². The van der Waals surface area contributed by atoms with Crippen molar-refractivity contribution in [2.45, 2.75) is 13.0 Å². The van der Waals surface area contributed by atoms with Gasteiger partial charge >= 0.3 is 0 Å². The van der Waals surface area contributed by atoms with Gasteiger partial charge in [0.1, 0.15) is 5.84 Å². The van der Waals surface area contributed by atoms with E-state index in [9.17, 15) is 0 Å². The van der Waals surface area contributed by atoms with Crippen molar-refractivity contribution >= 4 is 22.9 Å². The first-order chi connectivity index (χ1) is 10.2. The molecule has 0 bridgehead atoms. The van der Waals surface area contributed by atoms with E-state index in [1.165, 1.54) is 11.1 Å². The highest BCUT2D eigenvalue weighted by Crippen LogP contribution is 2.33. The van der Waals surface area contributed by atoms with Gasteiger partial charge < -0.3 is 10.8 Å². The van der Waals surface area contributed by atoms with E-state index in [2.05, 4.69) is 39.5 Å². The van der Waals surface area contributed by atoms with Crippen LogP contribution in [0.5, 0.6) is 0 Å². The fourth-order valence-corrected chi connectivity index (χ4v) is 3.50. The zero-order valence-corrected chi connectivity index (χ0v) is 12.9. The number of nitrogens with zero attached hydrogens (tertiary/aromatic N) is 2. The molecule has 0 unspecified atom stereocenters. The van der Waals surface area contributed by atoms with Crippen LogP contribution in [0.1, 0.15) is 21.6 Å². The van der Waals surface area contributed by atoms with E-state index < -0.39 is 0 Å². The Morgan fingerprint density at radius 2 is 2.19 bits per heavy atom. The number of amidine groups is 1. The molecule has 3 N–H and O–H groups in total. The van der Waals surface area contributed by atoms with E-state index in [0.717, 1.165) is 29.1 Å². The van der Waals surface area contributed by atoms with Crippen LogP contribution in [0.15, 0.2) is 34.6 Å². The molecule has 1 aliphatic heterocycles. The molecule has 21 heavy (non-hydrogen) atoms. The van der Waals surface area contributed by atoms with Crippen LogP contribution in [0.3, 0.4) is 0 Å². The van der Waals surface area contributed by atoms with E-state index in [4.69, 9.17) is 10.8 Å². The Hall–Kier alpha value is -1.69. The number of para-hydroxylation sites is 1. The lowest BCUT2D eigenvalue weighted by molar-refractivity contribution is 0.217. The third-order valence-electron chi connectivity index (χ3n) is 3.72. The minimum atomic E-state index is 0.161. The van der Waals surface area contributed by atoms with Crippen molar-refractivity contribution in [1.82, 2.24) is 4.90 Å². The van der Waals surface area contributed by atoms with Gasteiger partial charge in [-0.05, 0) is 35.2 Å². The molecule has 0 saturated carbocycles. The number of thiophene rings is 1. The Balaban J connectivity index is 2.00. The van der Waals surface area contributed by atoms with Gasteiger partial charge in [-0.15, -0.1) is 11.3 Å². The van der Waals surface area contributed by atoms with Crippen LogP contribution in [0.2, 0.25) is 0 Å². The van der Waals surface area contributed by atoms with Gasteiger partial charge in [0, 0.05) is 19.5 Å². The quantitative estimate of drug-likeness (QED) is 0.909. The zero-order chi connectivity index (χ0) is 14.8. The summed E-state index contributed by atoms with van der Waals surface area (Å²) < 4.78 is 0. The number of hydrogen-bond donors (Lipinski definition) is 2. The van der Waals surface area contributed by atoms with Gasteiger partial charge in [0.25, 0.3) is 0 Å². The average Bonchev–Trinajstić information content (AvgIpc) is 2.85. The van der Waals surface area contributed by atoms with Gasteiger partial charge in [0.05, 0.1) is 17.2 Å². The topological polar surface area (TPSA) is 61.8 Å². The molecule has 1 aliphatic rings. The number of benzene rings is 1. The molecule has 0 fully saturated rings. The number of fused-ring (bicyclic) bond motifs is 2. The number of hydrogen-bond acceptors (Lipinski definition) is 5. The molecule has 0 spiro atoms. The number of aliphatic imine (C=N–C) groups is 1. The van der Waals surface area contributed by atoms with Gasteiger partial charge in [-0.1, -0.05) is 18.2 Å². The molecule has 0 radical (unpaired) electrons. The predicted octanol–water partition coefficient (Wildman–Crippen LogP) is 2.11. The normalized spacial score (nSPS) is 13.6. The summed E-state index contributed by atoms with van der Waals surface area (Å²) in [5, 5.41) is 11.1. The van der Waals surface area contributed by atoms with Gasteiger partial charge in [-0.3, -0.25) is 4.90 Å². The van der Waals surface area contributed by atoms with Gasteiger partial charge in [-0.2, -0.15) is 0 Å². The minimum absolute atomic E-state index is 0.161. The molecule has 4 nitrogen and oxygen atoms in total. The van der Waals surface area contributed by atoms with E-state index in [1.807, 2.05) is 7.05 Å². The van der Waals surface area contributed by atoms with Gasteiger partial charge in [-0.25, -0.2) is 4.99 Å². The second-order valence-corrected chi connectivity index (χ2v) is 6.25. The largest absolute Gasteiger partial charge is 0.395 e. The number of aliphatic hydroxyl groups is 1. The second kappa shape index (κ2) is 5.97. The first-order valence-electron chi connectivity index (χ1n) is 7.00. The van der Waals surface area contributed by atoms with E-state index in [1.54, 1.807) is 11.3 Å². The molecular weight excluding hydrogens is 282 g/mol. The summed E-state index contributed by atoms with van der Waals surface area (Å²) in [5.74, 6) is 0.607. The first kappa shape index (κ1) is 14.3. The number of aliphatic hydroxyl groups excluding tert-OH is 1. The highest BCUT2D eigenvalue weighted by molar-refractivity contribution is 7.12. The monoisotopic (exact) mass is 301 g/mol. The molecule has 1 aromatic carbocycles. The molecule has 0 saturated heterocycles. The van der Waals surface area contributed by atoms with Crippen LogP contribution < -0.4 is 5.73 Å². The third-order valence-corrected chi connectivity index (χ3v) is 4.70. The lowest BCUT2D eigenvalue weighted by atomic mass is 10.0. The van der Waals surface area contributed by atoms with Gasteiger partial charge in [0.2, 0.25) is 0 Å². The second-order valence-electron chi connectivity index (χ2n) is 5.34. The molecule has 0 aliphatic carbocycles. The Labute approximate surface area is 128 Å². The Morgan fingerprint density at radius 1 is 1.33 bits per heavy atom. The summed E-state index contributed by atoms with van der Waals surface area (Å²) in [5.41, 5.74) is 10.8. The van der Waals surface area contributed by atoms with Crippen molar-refractivity contribution in [3.8, 4) is 0 Å². The summed E-state index contributed by atoms with van der Waals surface area (Å²) in [6.45, 7) is 1.57. The molecule has 3 rings (SSSR count).